The molecule has 0 radical (unpaired) electrons. The molecule has 1 aromatic carbocycles. The second-order valence-corrected chi connectivity index (χ2v) is 19.4. The van der Waals surface area contributed by atoms with Gasteiger partial charge in [-0.1, -0.05) is 57.2 Å². The summed E-state index contributed by atoms with van der Waals surface area (Å²) in [6.45, 7) is 10.8. The van der Waals surface area contributed by atoms with Gasteiger partial charge in [-0.05, 0) is 83.9 Å². The quantitative estimate of drug-likeness (QED) is 0.0975. The molecule has 2 aromatic rings. The minimum atomic E-state index is -1.51. The highest BCUT2D eigenvalue weighted by Gasteiger charge is 2.53. The van der Waals surface area contributed by atoms with Crippen LogP contribution in [0.2, 0.25) is 0 Å². The highest BCUT2D eigenvalue weighted by molar-refractivity contribution is 5.87. The number of fused-ring (bicyclic) bond motifs is 1. The number of rotatable bonds is 15. The van der Waals surface area contributed by atoms with Crippen LogP contribution in [0.15, 0.2) is 54.8 Å². The molecule has 2 fully saturated rings. The summed E-state index contributed by atoms with van der Waals surface area (Å²) < 4.78 is 49.7. The molecule has 18 heteroatoms. The second kappa shape index (κ2) is 26.5. The first-order valence-electron chi connectivity index (χ1n) is 24.6. The number of methoxy groups -OCH3 is 1. The Morgan fingerprint density at radius 2 is 1.69 bits per heavy atom. The zero-order valence-corrected chi connectivity index (χ0v) is 42.5. The van der Waals surface area contributed by atoms with Crippen LogP contribution in [0.4, 0.5) is 0 Å². The van der Waals surface area contributed by atoms with Crippen LogP contribution in [0.3, 0.4) is 0 Å². The number of aliphatic hydroxyl groups is 3. The number of aliphatic hydroxyl groups excluding tert-OH is 2. The van der Waals surface area contributed by atoms with Crippen molar-refractivity contribution < 1.29 is 72.4 Å². The fourth-order valence-electron chi connectivity index (χ4n) is 9.74. The van der Waals surface area contributed by atoms with Crippen LogP contribution in [0.1, 0.15) is 92.1 Å². The number of pyridine rings is 1. The molecule has 70 heavy (non-hydrogen) atoms. The van der Waals surface area contributed by atoms with Crippen LogP contribution < -0.4 is 0 Å². The van der Waals surface area contributed by atoms with E-state index in [2.05, 4.69) is 4.98 Å². The minimum absolute atomic E-state index is 0.0286. The number of hydrogen-bond acceptors (Lipinski definition) is 18. The first kappa shape index (κ1) is 56.7. The van der Waals surface area contributed by atoms with Gasteiger partial charge in [-0.3, -0.25) is 19.4 Å². The molecule has 0 aliphatic carbocycles. The van der Waals surface area contributed by atoms with Gasteiger partial charge >= 0.3 is 17.9 Å². The normalized spacial score (nSPS) is 35.4. The lowest BCUT2D eigenvalue weighted by Crippen LogP contribution is -2.66. The van der Waals surface area contributed by atoms with Gasteiger partial charge in [0.05, 0.1) is 42.4 Å². The largest absolute Gasteiger partial charge is 0.459 e. The van der Waals surface area contributed by atoms with Gasteiger partial charge in [-0.2, -0.15) is 0 Å². The predicted molar refractivity (Wildman–Crippen MR) is 259 cm³/mol. The Hall–Kier alpha value is -4.21. The molecule has 390 valence electrons. The third-order valence-electron chi connectivity index (χ3n) is 13.5. The third kappa shape index (κ3) is 15.2. The van der Waals surface area contributed by atoms with Crippen molar-refractivity contribution in [2.24, 2.45) is 11.8 Å². The molecule has 0 amide bonds. The SMILES string of the molecule is CCC(=O)O[C@@H]1CC(=O)O[C@@H](CC=Cc2ccnc3ccccc23)C=CCN(C)C[C@H](O)[C@H](C)C[C@H](CC=O)[C@H](O[C@@H]2OC(C)[C@@H](O[C@H]3CC(C)(O)[C@@H](OC(=O)CC)C(C)O3)C(N(C)C)C2O)[C@H]1OC. The number of carbonyl (C=O) groups is 4. The summed E-state index contributed by atoms with van der Waals surface area (Å²) >= 11 is 0. The van der Waals surface area contributed by atoms with Crippen molar-refractivity contribution in [3.63, 3.8) is 0 Å². The summed E-state index contributed by atoms with van der Waals surface area (Å²) in [6, 6.07) is 8.89. The van der Waals surface area contributed by atoms with Gasteiger partial charge < -0.3 is 67.8 Å². The number of β-amino-alcohol motifs (C(OH)–C–C–N with tert-alkyl or cyclic N) is 1. The van der Waals surface area contributed by atoms with E-state index in [-0.39, 0.29) is 38.6 Å². The first-order valence-corrected chi connectivity index (χ1v) is 24.6. The molecule has 18 nitrogen and oxygen atoms in total. The molecule has 0 saturated carbocycles. The molecule has 0 spiro atoms. The van der Waals surface area contributed by atoms with E-state index in [1.54, 1.807) is 65.9 Å². The van der Waals surface area contributed by atoms with E-state index >= 15 is 0 Å². The number of cyclic esters (lactones) is 1. The fourth-order valence-corrected chi connectivity index (χ4v) is 9.74. The van der Waals surface area contributed by atoms with Crippen LogP contribution in [0.5, 0.6) is 0 Å². The number of esters is 3. The Bertz CT molecular complexity index is 2060. The van der Waals surface area contributed by atoms with E-state index in [0.29, 0.717) is 13.0 Å². The molecular formula is C52H77N3O15. The maximum atomic E-state index is 14.1. The fraction of sp³-hybridized carbons (Fsp3) is 0.673. The number of benzene rings is 1. The highest BCUT2D eigenvalue weighted by atomic mass is 16.7. The van der Waals surface area contributed by atoms with Gasteiger partial charge in [0.1, 0.15) is 42.4 Å². The molecule has 5 unspecified atom stereocenters. The topological polar surface area (TPSA) is 222 Å². The van der Waals surface area contributed by atoms with Crippen LogP contribution >= 0.6 is 0 Å². The molecule has 16 atom stereocenters. The van der Waals surface area contributed by atoms with E-state index < -0.39 is 121 Å². The Morgan fingerprint density at radius 3 is 2.36 bits per heavy atom. The molecule has 1 aromatic heterocycles. The number of aromatic nitrogens is 1. The zero-order valence-electron chi connectivity index (χ0n) is 42.5. The number of ether oxygens (including phenoxy) is 8. The standard InChI is InChI=1S/C52H77N3O15/c1-11-41(58)67-40-28-43(60)66-36(18-15-17-34-22-24-53-38-21-14-13-20-37(34)38)19-16-25-55(9)30-39(57)31(3)27-35(23-26-56)48(49(40)63-10)70-51-46(61)45(54(7)8)47(32(4)65-51)69-44-29-52(6,62)50(33(5)64-44)68-42(59)12-2/h13-17,19-22,24,26,31-33,35-36,39-40,44-51,57,61-62H,11-12,18,23,25,27-30H2,1-10H3/t31-,32?,33?,35+,36+,39+,40-,44+,45?,46?,47-,48+,49+,50+,51+,52?/m1/s1. The van der Waals surface area contributed by atoms with Gasteiger partial charge in [0.2, 0.25) is 0 Å². The molecule has 0 bridgehead atoms. The van der Waals surface area contributed by atoms with E-state index in [1.165, 1.54) is 7.11 Å². The summed E-state index contributed by atoms with van der Waals surface area (Å²) in [5.74, 6) is -2.92. The first-order chi connectivity index (χ1) is 33.3. The van der Waals surface area contributed by atoms with Crippen molar-refractivity contribution >= 4 is 41.2 Å². The van der Waals surface area contributed by atoms with Crippen LogP contribution in [-0.4, -0.2) is 181 Å². The van der Waals surface area contributed by atoms with E-state index in [4.69, 9.17) is 37.9 Å². The smallest absolute Gasteiger partial charge is 0.310 e. The molecule has 5 rings (SSSR count). The lowest BCUT2D eigenvalue weighted by Gasteiger charge is -2.50. The van der Waals surface area contributed by atoms with Gasteiger partial charge in [0.15, 0.2) is 18.7 Å². The molecule has 3 N–H and O–H groups in total. The van der Waals surface area contributed by atoms with Crippen molar-refractivity contribution in [1.82, 2.24) is 14.8 Å². The van der Waals surface area contributed by atoms with Crippen molar-refractivity contribution in [3.8, 4) is 0 Å². The lowest BCUT2D eigenvalue weighted by atomic mass is 9.82. The Balaban J connectivity index is 1.46. The average Bonchev–Trinajstić information content (AvgIpc) is 3.30. The monoisotopic (exact) mass is 984 g/mol. The van der Waals surface area contributed by atoms with Gasteiger partial charge in [-0.25, -0.2) is 0 Å². The Morgan fingerprint density at radius 1 is 0.971 bits per heavy atom. The summed E-state index contributed by atoms with van der Waals surface area (Å²) in [4.78, 5) is 60.3. The third-order valence-corrected chi connectivity index (χ3v) is 13.5. The summed E-state index contributed by atoms with van der Waals surface area (Å²) in [7, 11) is 6.76. The summed E-state index contributed by atoms with van der Waals surface area (Å²) in [5, 5.41) is 36.3. The Labute approximate surface area is 412 Å². The van der Waals surface area contributed by atoms with Crippen molar-refractivity contribution in [2.75, 3.05) is 41.3 Å². The highest BCUT2D eigenvalue weighted by Crippen LogP contribution is 2.38. The number of hydrogen-bond donors (Lipinski definition) is 3. The molecule has 3 aliphatic heterocycles. The van der Waals surface area contributed by atoms with Gasteiger partial charge in [0, 0.05) is 63.9 Å². The van der Waals surface area contributed by atoms with E-state index in [9.17, 15) is 34.5 Å². The van der Waals surface area contributed by atoms with Crippen molar-refractivity contribution in [3.05, 3.63) is 60.3 Å². The summed E-state index contributed by atoms with van der Waals surface area (Å²) in [6.07, 6.45) is -2.38. The number of carbonyl (C=O) groups excluding carboxylic acids is 4. The van der Waals surface area contributed by atoms with Gasteiger partial charge in [0.25, 0.3) is 0 Å². The number of aldehydes is 1. The van der Waals surface area contributed by atoms with Gasteiger partial charge in [-0.15, -0.1) is 0 Å². The Kier molecular flexibility index (Phi) is 21.4. The molecule has 4 heterocycles. The number of likely N-dealkylation sites (N-methyl/N-ethyl adjacent to an activating group) is 2. The maximum absolute atomic E-state index is 14.1. The van der Waals surface area contributed by atoms with Crippen molar-refractivity contribution in [2.45, 2.75) is 172 Å². The number of nitrogens with zero attached hydrogens (tertiary/aromatic N) is 3. The number of para-hydroxylation sites is 1. The second-order valence-electron chi connectivity index (χ2n) is 19.4. The zero-order chi connectivity index (χ0) is 51.3. The minimum Gasteiger partial charge on any atom is -0.459 e. The van der Waals surface area contributed by atoms with Crippen LogP contribution in [-0.2, 0) is 57.1 Å². The molecular weight excluding hydrogens is 907 g/mol. The summed E-state index contributed by atoms with van der Waals surface area (Å²) in [5.41, 5.74) is 0.278. The van der Waals surface area contributed by atoms with E-state index in [0.717, 1.165) is 22.8 Å². The maximum Gasteiger partial charge on any atom is 0.310 e. The molecule has 3 aliphatic rings. The van der Waals surface area contributed by atoms with Crippen LogP contribution in [0, 0.1) is 11.8 Å². The predicted octanol–water partition coefficient (Wildman–Crippen LogP) is 4.38. The molecule has 2 saturated heterocycles. The van der Waals surface area contributed by atoms with Crippen molar-refractivity contribution in [1.29, 1.82) is 0 Å². The van der Waals surface area contributed by atoms with Crippen LogP contribution in [0.25, 0.3) is 17.0 Å². The van der Waals surface area contributed by atoms with E-state index in [1.807, 2.05) is 67.4 Å². The average molecular weight is 984 g/mol. The lowest BCUT2D eigenvalue weighted by molar-refractivity contribution is -0.344.